The van der Waals surface area contributed by atoms with Crippen molar-refractivity contribution in [2.45, 2.75) is 20.5 Å². The maximum absolute atomic E-state index is 13.1. The molecule has 1 aliphatic heterocycles. The van der Waals surface area contributed by atoms with Crippen LogP contribution in [0, 0.1) is 6.92 Å². The second kappa shape index (κ2) is 10.8. The molecule has 178 valence electrons. The van der Waals surface area contributed by atoms with Gasteiger partial charge in [-0.05, 0) is 61.4 Å². The normalized spacial score (nSPS) is 14.5. The van der Waals surface area contributed by atoms with E-state index in [1.165, 1.54) is 34.4 Å². The Bertz CT molecular complexity index is 1320. The summed E-state index contributed by atoms with van der Waals surface area (Å²) in [5.74, 6) is -0.179. The number of ether oxygens (including phenoxy) is 2. The van der Waals surface area contributed by atoms with Gasteiger partial charge in [-0.3, -0.25) is 9.69 Å². The quantitative estimate of drug-likeness (QED) is 0.294. The Morgan fingerprint density at radius 2 is 1.83 bits per heavy atom. The molecule has 0 radical (unpaired) electrons. The van der Waals surface area contributed by atoms with Gasteiger partial charge in [0.15, 0.2) is 15.8 Å². The lowest BCUT2D eigenvalue weighted by molar-refractivity contribution is -0.113. The van der Waals surface area contributed by atoms with E-state index in [-0.39, 0.29) is 11.5 Å². The zero-order chi connectivity index (χ0) is 24.9. The summed E-state index contributed by atoms with van der Waals surface area (Å²) in [6.07, 6.45) is 1.74. The summed E-state index contributed by atoms with van der Waals surface area (Å²) >= 11 is 6.58. The van der Waals surface area contributed by atoms with Gasteiger partial charge in [-0.15, -0.1) is 0 Å². The van der Waals surface area contributed by atoms with E-state index in [1.807, 2.05) is 56.3 Å². The molecule has 1 saturated heterocycles. The molecule has 1 N–H and O–H groups in total. The highest BCUT2D eigenvalue weighted by molar-refractivity contribution is 8.27. The number of rotatable bonds is 8. The number of hydrogen-bond acceptors (Lipinski definition) is 6. The lowest BCUT2D eigenvalue weighted by Crippen LogP contribution is -2.27. The van der Waals surface area contributed by atoms with Gasteiger partial charge in [-0.25, -0.2) is 4.79 Å². The number of nitrogens with zero attached hydrogens (tertiary/aromatic N) is 1. The average Bonchev–Trinajstić information content (AvgIpc) is 3.12. The van der Waals surface area contributed by atoms with E-state index in [0.29, 0.717) is 39.6 Å². The van der Waals surface area contributed by atoms with Crippen molar-refractivity contribution in [2.24, 2.45) is 0 Å². The van der Waals surface area contributed by atoms with Crippen molar-refractivity contribution in [3.05, 3.63) is 93.9 Å². The number of thioether (sulfide) groups is 1. The van der Waals surface area contributed by atoms with Crippen molar-refractivity contribution in [2.75, 3.05) is 11.5 Å². The highest BCUT2D eigenvalue weighted by Crippen LogP contribution is 2.37. The van der Waals surface area contributed by atoms with Crippen LogP contribution >= 0.6 is 24.0 Å². The molecule has 3 aromatic rings. The molecule has 0 aromatic heterocycles. The smallest absolute Gasteiger partial charge is 0.335 e. The van der Waals surface area contributed by atoms with Gasteiger partial charge in [-0.1, -0.05) is 65.9 Å². The molecular formula is C27H23NO5S2. The van der Waals surface area contributed by atoms with Crippen LogP contribution in [0.25, 0.3) is 6.08 Å². The number of carbonyl (C=O) groups excluding carboxylic acids is 1. The summed E-state index contributed by atoms with van der Waals surface area (Å²) in [5, 5.41) is 9.26. The fourth-order valence-corrected chi connectivity index (χ4v) is 4.77. The van der Waals surface area contributed by atoms with Crippen LogP contribution in [0.15, 0.2) is 71.6 Å². The Morgan fingerprint density at radius 1 is 1.06 bits per heavy atom. The van der Waals surface area contributed by atoms with Crippen LogP contribution < -0.4 is 14.4 Å². The molecule has 1 amide bonds. The Hall–Kier alpha value is -3.62. The summed E-state index contributed by atoms with van der Waals surface area (Å²) in [5.41, 5.74) is 3.51. The van der Waals surface area contributed by atoms with E-state index in [4.69, 9.17) is 21.7 Å². The van der Waals surface area contributed by atoms with Gasteiger partial charge >= 0.3 is 5.97 Å². The third-order valence-electron chi connectivity index (χ3n) is 5.23. The van der Waals surface area contributed by atoms with E-state index in [9.17, 15) is 14.7 Å². The molecule has 8 heteroatoms. The number of amides is 1. The van der Waals surface area contributed by atoms with Gasteiger partial charge in [0.25, 0.3) is 5.91 Å². The Balaban J connectivity index is 1.55. The van der Waals surface area contributed by atoms with Gasteiger partial charge in [-0.2, -0.15) is 0 Å². The number of carboxylic acid groups (broad SMARTS) is 1. The molecule has 1 heterocycles. The summed E-state index contributed by atoms with van der Waals surface area (Å²) in [7, 11) is 0. The van der Waals surface area contributed by atoms with E-state index >= 15 is 0 Å². The summed E-state index contributed by atoms with van der Waals surface area (Å²) in [6, 6.07) is 19.8. The average molecular weight is 506 g/mol. The fraction of sp³-hybridized carbons (Fsp3) is 0.148. The van der Waals surface area contributed by atoms with E-state index in [0.717, 1.165) is 11.1 Å². The predicted molar refractivity (Wildman–Crippen MR) is 142 cm³/mol. The van der Waals surface area contributed by atoms with Crippen LogP contribution in [0.1, 0.15) is 34.0 Å². The van der Waals surface area contributed by atoms with Crippen molar-refractivity contribution in [1.29, 1.82) is 0 Å². The van der Waals surface area contributed by atoms with Gasteiger partial charge < -0.3 is 14.6 Å². The number of aryl methyl sites for hydroxylation is 1. The fourth-order valence-electron chi connectivity index (χ4n) is 3.47. The number of anilines is 1. The predicted octanol–water partition coefficient (Wildman–Crippen LogP) is 6.08. The minimum atomic E-state index is -1.07. The second-order valence-electron chi connectivity index (χ2n) is 7.79. The number of thiocarbonyl (C=S) groups is 1. The van der Waals surface area contributed by atoms with Crippen molar-refractivity contribution in [3.63, 3.8) is 0 Å². The molecule has 0 atom stereocenters. The van der Waals surface area contributed by atoms with Gasteiger partial charge in [0.1, 0.15) is 6.61 Å². The molecule has 1 fully saturated rings. The topological polar surface area (TPSA) is 76.1 Å². The van der Waals surface area contributed by atoms with Crippen LogP contribution in [-0.4, -0.2) is 27.9 Å². The van der Waals surface area contributed by atoms with Crippen molar-refractivity contribution in [1.82, 2.24) is 0 Å². The molecule has 0 spiro atoms. The minimum Gasteiger partial charge on any atom is -0.490 e. The van der Waals surface area contributed by atoms with E-state index in [2.05, 4.69) is 0 Å². The number of benzene rings is 3. The molecule has 0 saturated carbocycles. The lowest BCUT2D eigenvalue weighted by Gasteiger charge is -2.15. The maximum Gasteiger partial charge on any atom is 0.335 e. The molecule has 1 aliphatic rings. The minimum absolute atomic E-state index is 0.0862. The number of aromatic carboxylic acids is 1. The number of carboxylic acids is 1. The molecule has 3 aromatic carbocycles. The highest BCUT2D eigenvalue weighted by atomic mass is 32.2. The molecule has 0 unspecified atom stereocenters. The first-order valence-corrected chi connectivity index (χ1v) is 12.1. The Labute approximate surface area is 213 Å². The van der Waals surface area contributed by atoms with Crippen molar-refractivity contribution < 1.29 is 24.2 Å². The highest BCUT2D eigenvalue weighted by Gasteiger charge is 2.33. The van der Waals surface area contributed by atoms with Crippen LogP contribution in [0.4, 0.5) is 5.69 Å². The van der Waals surface area contributed by atoms with E-state index < -0.39 is 5.97 Å². The molecule has 4 rings (SSSR count). The Morgan fingerprint density at radius 3 is 2.54 bits per heavy atom. The molecule has 6 nitrogen and oxygen atoms in total. The second-order valence-corrected chi connectivity index (χ2v) is 9.46. The lowest BCUT2D eigenvalue weighted by atomic mass is 10.1. The monoisotopic (exact) mass is 505 g/mol. The van der Waals surface area contributed by atoms with Crippen molar-refractivity contribution >= 4 is 51.9 Å². The molecular weight excluding hydrogens is 482 g/mol. The molecule has 0 bridgehead atoms. The molecule has 0 aliphatic carbocycles. The van der Waals surface area contributed by atoms with E-state index in [1.54, 1.807) is 18.2 Å². The van der Waals surface area contributed by atoms with Crippen LogP contribution in [0.5, 0.6) is 11.5 Å². The molecule has 35 heavy (non-hydrogen) atoms. The first-order chi connectivity index (χ1) is 16.9. The SMILES string of the molecule is CCOc1cc(/C=C2/SC(=S)N(c3cccc(C(=O)O)c3)C2=O)ccc1OCc1ccc(C)cc1. The van der Waals surface area contributed by atoms with Crippen LogP contribution in [0.3, 0.4) is 0 Å². The summed E-state index contributed by atoms with van der Waals surface area (Å²) < 4.78 is 12.1. The third-order valence-corrected chi connectivity index (χ3v) is 6.53. The van der Waals surface area contributed by atoms with Crippen LogP contribution in [0.2, 0.25) is 0 Å². The van der Waals surface area contributed by atoms with Gasteiger partial charge in [0.05, 0.1) is 22.8 Å². The zero-order valence-corrected chi connectivity index (χ0v) is 20.8. The maximum atomic E-state index is 13.1. The number of carbonyl (C=O) groups is 2. The summed E-state index contributed by atoms with van der Waals surface area (Å²) in [4.78, 5) is 26.2. The summed E-state index contributed by atoms with van der Waals surface area (Å²) in [6.45, 7) is 4.81. The standard InChI is InChI=1S/C27H23NO5S2/c1-3-32-23-13-19(11-12-22(23)33-16-18-9-7-17(2)8-10-18)14-24-25(29)28(27(34)35-24)21-6-4-5-20(15-21)26(30)31/h4-15H,3,16H2,1-2H3,(H,30,31)/b24-14+. The largest absolute Gasteiger partial charge is 0.490 e. The van der Waals surface area contributed by atoms with Gasteiger partial charge in [0, 0.05) is 0 Å². The Kier molecular flexibility index (Phi) is 7.53. The van der Waals surface area contributed by atoms with Crippen LogP contribution in [-0.2, 0) is 11.4 Å². The number of hydrogen-bond donors (Lipinski definition) is 1. The zero-order valence-electron chi connectivity index (χ0n) is 19.2. The van der Waals surface area contributed by atoms with Crippen molar-refractivity contribution in [3.8, 4) is 11.5 Å². The first-order valence-electron chi connectivity index (χ1n) is 10.9. The first kappa shape index (κ1) is 24.5. The third kappa shape index (κ3) is 5.72. The van der Waals surface area contributed by atoms with Gasteiger partial charge in [0.2, 0.25) is 0 Å².